The number of nitrogens with zero attached hydrogens (tertiary/aromatic N) is 2. The van der Waals surface area contributed by atoms with Crippen LogP contribution >= 0.6 is 0 Å². The first kappa shape index (κ1) is 17.8. The second-order valence-corrected chi connectivity index (χ2v) is 5.79. The minimum absolute atomic E-state index is 0.0728. The van der Waals surface area contributed by atoms with Crippen LogP contribution in [0.1, 0.15) is 19.1 Å². The number of esters is 1. The van der Waals surface area contributed by atoms with Crippen LogP contribution in [0.3, 0.4) is 0 Å². The van der Waals surface area contributed by atoms with E-state index < -0.39 is 42.3 Å². The standard InChI is InChI=1S/C14H19N3O8/c18-10-8(6-24-13(20)7-2-1-5-23-7)25-12(11(10)19)17-4-3-9(16-22)15-14(17)21/h3-4,7-8,10-12,18-19,22H,1-2,5-6H2,(H,15,16,21)/t7-,8+,10+,11+,12+/m0/s1. The highest BCUT2D eigenvalue weighted by Crippen LogP contribution is 2.29. The zero-order chi connectivity index (χ0) is 18.0. The van der Waals surface area contributed by atoms with Crippen molar-refractivity contribution in [1.82, 2.24) is 9.55 Å². The van der Waals surface area contributed by atoms with E-state index in [1.807, 2.05) is 0 Å². The molecular weight excluding hydrogens is 338 g/mol. The van der Waals surface area contributed by atoms with Gasteiger partial charge < -0.3 is 24.4 Å². The van der Waals surface area contributed by atoms with Gasteiger partial charge in [-0.3, -0.25) is 15.3 Å². The van der Waals surface area contributed by atoms with Gasteiger partial charge >= 0.3 is 11.7 Å². The lowest BCUT2D eigenvalue weighted by Gasteiger charge is -2.17. The Balaban J connectivity index is 1.64. The molecule has 138 valence electrons. The van der Waals surface area contributed by atoms with E-state index in [2.05, 4.69) is 4.98 Å². The number of aliphatic hydroxyl groups excluding tert-OH is 2. The molecule has 5 atom stereocenters. The minimum Gasteiger partial charge on any atom is -0.461 e. The summed E-state index contributed by atoms with van der Waals surface area (Å²) in [6.07, 6.45) is -3.01. The molecule has 3 heterocycles. The van der Waals surface area contributed by atoms with Crippen molar-refractivity contribution in [2.24, 2.45) is 0 Å². The molecule has 2 fully saturated rings. The molecule has 25 heavy (non-hydrogen) atoms. The molecule has 0 amide bonds. The van der Waals surface area contributed by atoms with Crippen LogP contribution in [0.5, 0.6) is 0 Å². The summed E-state index contributed by atoms with van der Waals surface area (Å²) < 4.78 is 16.7. The Morgan fingerprint density at radius 2 is 2.24 bits per heavy atom. The van der Waals surface area contributed by atoms with E-state index in [0.717, 1.165) is 11.0 Å². The van der Waals surface area contributed by atoms with Crippen LogP contribution in [0.4, 0.5) is 5.82 Å². The molecule has 0 spiro atoms. The van der Waals surface area contributed by atoms with Crippen LogP contribution in [-0.2, 0) is 19.0 Å². The summed E-state index contributed by atoms with van der Waals surface area (Å²) in [7, 11) is 0. The summed E-state index contributed by atoms with van der Waals surface area (Å²) in [5, 5.41) is 28.9. The monoisotopic (exact) mass is 357 g/mol. The van der Waals surface area contributed by atoms with Gasteiger partial charge in [0, 0.05) is 12.8 Å². The number of carbonyl (C=O) groups is 1. The third kappa shape index (κ3) is 3.65. The van der Waals surface area contributed by atoms with E-state index >= 15 is 0 Å². The van der Waals surface area contributed by atoms with Crippen molar-refractivity contribution >= 4 is 11.8 Å². The van der Waals surface area contributed by atoms with Gasteiger partial charge in [0.1, 0.15) is 24.9 Å². The molecule has 2 aliphatic heterocycles. The fraction of sp³-hybridized carbons (Fsp3) is 0.643. The van der Waals surface area contributed by atoms with E-state index in [1.54, 1.807) is 5.48 Å². The van der Waals surface area contributed by atoms with Gasteiger partial charge in [0.15, 0.2) is 18.1 Å². The number of ether oxygens (including phenoxy) is 3. The first-order valence-electron chi connectivity index (χ1n) is 7.80. The van der Waals surface area contributed by atoms with Crippen LogP contribution in [0, 0.1) is 0 Å². The van der Waals surface area contributed by atoms with Gasteiger partial charge in [-0.1, -0.05) is 0 Å². The molecule has 2 saturated heterocycles. The molecule has 0 aliphatic carbocycles. The minimum atomic E-state index is -1.42. The average molecular weight is 357 g/mol. The summed E-state index contributed by atoms with van der Waals surface area (Å²) in [4.78, 5) is 27.3. The molecule has 0 bridgehead atoms. The smallest absolute Gasteiger partial charge is 0.351 e. The van der Waals surface area contributed by atoms with Gasteiger partial charge in [0.2, 0.25) is 0 Å². The fourth-order valence-corrected chi connectivity index (χ4v) is 2.79. The molecule has 2 aliphatic rings. The normalized spacial score (nSPS) is 31.9. The number of aliphatic hydroxyl groups is 2. The predicted molar refractivity (Wildman–Crippen MR) is 79.8 cm³/mol. The zero-order valence-electron chi connectivity index (χ0n) is 13.1. The third-order valence-electron chi connectivity index (χ3n) is 4.14. The maximum absolute atomic E-state index is 11.9. The molecule has 0 aromatic carbocycles. The SMILES string of the molecule is O=C(OC[C@H]1O[C@@H](n2ccc(NO)nc2=O)[C@H](O)[C@@H]1O)[C@@H]1CCCO1. The molecule has 11 nitrogen and oxygen atoms in total. The molecule has 11 heteroatoms. The summed E-state index contributed by atoms with van der Waals surface area (Å²) in [5.41, 5.74) is 0.929. The lowest BCUT2D eigenvalue weighted by atomic mass is 10.1. The number of rotatable bonds is 5. The van der Waals surface area contributed by atoms with Gasteiger partial charge in [-0.05, 0) is 18.9 Å². The molecule has 1 aromatic heterocycles. The van der Waals surface area contributed by atoms with Crippen molar-refractivity contribution in [2.45, 2.75) is 43.5 Å². The maximum Gasteiger partial charge on any atom is 0.351 e. The molecule has 0 radical (unpaired) electrons. The maximum atomic E-state index is 11.9. The number of anilines is 1. The number of carbonyl (C=O) groups excluding carboxylic acids is 1. The molecule has 1 aromatic rings. The lowest BCUT2D eigenvalue weighted by Crippen LogP contribution is -2.37. The Hall–Kier alpha value is -2.05. The third-order valence-corrected chi connectivity index (χ3v) is 4.14. The molecule has 0 saturated carbocycles. The molecule has 0 unspecified atom stereocenters. The molecular formula is C14H19N3O8. The Kier molecular flexibility index (Phi) is 5.30. The lowest BCUT2D eigenvalue weighted by molar-refractivity contribution is -0.160. The van der Waals surface area contributed by atoms with Gasteiger partial charge in [0.25, 0.3) is 0 Å². The van der Waals surface area contributed by atoms with E-state index in [0.29, 0.717) is 13.0 Å². The first-order valence-corrected chi connectivity index (χ1v) is 7.80. The molecule has 3 rings (SSSR count). The predicted octanol–water partition coefficient (Wildman–Crippen LogP) is -1.61. The zero-order valence-corrected chi connectivity index (χ0v) is 13.1. The van der Waals surface area contributed by atoms with Gasteiger partial charge in [-0.2, -0.15) is 4.98 Å². The van der Waals surface area contributed by atoms with Crippen LogP contribution in [0.2, 0.25) is 0 Å². The first-order chi connectivity index (χ1) is 12.0. The highest BCUT2D eigenvalue weighted by Gasteiger charge is 2.45. The summed E-state index contributed by atoms with van der Waals surface area (Å²) in [5.74, 6) is -0.625. The van der Waals surface area contributed by atoms with Crippen LogP contribution < -0.4 is 11.2 Å². The second-order valence-electron chi connectivity index (χ2n) is 5.79. The number of nitrogens with one attached hydrogen (secondary N) is 1. The highest BCUT2D eigenvalue weighted by molar-refractivity contribution is 5.74. The summed E-state index contributed by atoms with van der Waals surface area (Å²) in [6.45, 7) is 0.212. The van der Waals surface area contributed by atoms with Crippen molar-refractivity contribution in [3.05, 3.63) is 22.7 Å². The Morgan fingerprint density at radius 1 is 1.44 bits per heavy atom. The highest BCUT2D eigenvalue weighted by atomic mass is 16.6. The Labute approximate surface area is 141 Å². The van der Waals surface area contributed by atoms with Gasteiger partial charge in [0.05, 0.1) is 0 Å². The van der Waals surface area contributed by atoms with E-state index in [9.17, 15) is 19.8 Å². The second kappa shape index (κ2) is 7.45. The number of hydrogen-bond acceptors (Lipinski definition) is 10. The number of hydrogen-bond donors (Lipinski definition) is 4. The van der Waals surface area contributed by atoms with Crippen LogP contribution in [0.15, 0.2) is 17.1 Å². The van der Waals surface area contributed by atoms with E-state index in [-0.39, 0.29) is 12.4 Å². The van der Waals surface area contributed by atoms with E-state index in [4.69, 9.17) is 19.4 Å². The van der Waals surface area contributed by atoms with Crippen molar-refractivity contribution in [1.29, 1.82) is 0 Å². The Bertz CT molecular complexity index is 674. The largest absolute Gasteiger partial charge is 0.461 e. The summed E-state index contributed by atoms with van der Waals surface area (Å²) >= 11 is 0. The van der Waals surface area contributed by atoms with Crippen molar-refractivity contribution in [3.8, 4) is 0 Å². The van der Waals surface area contributed by atoms with Gasteiger partial charge in [-0.25, -0.2) is 9.59 Å². The van der Waals surface area contributed by atoms with Crippen LogP contribution in [0.25, 0.3) is 0 Å². The molecule has 4 N–H and O–H groups in total. The topological polar surface area (TPSA) is 152 Å². The van der Waals surface area contributed by atoms with Gasteiger partial charge in [-0.15, -0.1) is 0 Å². The van der Waals surface area contributed by atoms with Crippen molar-refractivity contribution < 1.29 is 34.4 Å². The number of aromatic nitrogens is 2. The average Bonchev–Trinajstić information content (AvgIpc) is 3.24. The summed E-state index contributed by atoms with van der Waals surface area (Å²) in [6, 6.07) is 1.29. The van der Waals surface area contributed by atoms with Crippen molar-refractivity contribution in [3.63, 3.8) is 0 Å². The quantitative estimate of drug-likeness (QED) is 0.357. The fourth-order valence-electron chi connectivity index (χ4n) is 2.79. The Morgan fingerprint density at radius 3 is 2.88 bits per heavy atom. The van der Waals surface area contributed by atoms with E-state index in [1.165, 1.54) is 12.3 Å². The van der Waals surface area contributed by atoms with Crippen LogP contribution in [-0.4, -0.2) is 68.6 Å². The van der Waals surface area contributed by atoms with Crippen molar-refractivity contribution in [2.75, 3.05) is 18.7 Å².